The Morgan fingerprint density at radius 2 is 0.881 bits per heavy atom. The van der Waals surface area contributed by atoms with Crippen LogP contribution in [0.5, 0.6) is 0 Å². The van der Waals surface area contributed by atoms with Crippen LogP contribution in [0, 0.1) is 0 Å². The molecule has 2 heteroatoms. The summed E-state index contributed by atoms with van der Waals surface area (Å²) in [5, 5.41) is 2.51. The smallest absolute Gasteiger partial charge is 0.0547 e. The first kappa shape index (κ1) is 34.8. The van der Waals surface area contributed by atoms with E-state index in [1.807, 2.05) is 0 Å². The van der Waals surface area contributed by atoms with Gasteiger partial charge in [0.05, 0.1) is 11.0 Å². The molecule has 0 spiro atoms. The molecule has 0 aliphatic heterocycles. The van der Waals surface area contributed by atoms with Crippen molar-refractivity contribution in [2.24, 2.45) is 0 Å². The molecule has 11 rings (SSSR count). The molecule has 10 aromatic rings. The van der Waals surface area contributed by atoms with E-state index < -0.39 is 0 Å². The Morgan fingerprint density at radius 3 is 1.68 bits per heavy atom. The number of para-hydroxylation sites is 2. The van der Waals surface area contributed by atoms with Gasteiger partial charge in [-0.25, -0.2) is 0 Å². The Labute approximate surface area is 345 Å². The predicted molar refractivity (Wildman–Crippen MR) is 249 cm³/mol. The van der Waals surface area contributed by atoms with Gasteiger partial charge in [0.25, 0.3) is 0 Å². The van der Waals surface area contributed by atoms with Gasteiger partial charge >= 0.3 is 0 Å². The van der Waals surface area contributed by atoms with Gasteiger partial charge in [-0.15, -0.1) is 0 Å². The van der Waals surface area contributed by atoms with Gasteiger partial charge in [-0.3, -0.25) is 0 Å². The van der Waals surface area contributed by atoms with Crippen LogP contribution in [0.25, 0.3) is 72.0 Å². The Balaban J connectivity index is 0.981. The standard InChI is InChI=1S/C57H42N2/c1-57(2)53-25-11-9-23-49(53)50-34-32-48(38-54(50)57)58(45-20-7-4-8-21-45)47-22-14-19-43(36-47)41-17-13-18-42(35-41)44-29-33-52-51-24-10-12-26-55(51)59(56(52)37-44)46-30-27-40(28-31-46)39-15-5-3-6-16-39/h3-38H,1-2H3. The number of fused-ring (bicyclic) bond motifs is 6. The number of benzene rings is 9. The molecule has 0 amide bonds. The van der Waals surface area contributed by atoms with Crippen LogP contribution in [0.2, 0.25) is 0 Å². The van der Waals surface area contributed by atoms with Gasteiger partial charge in [0.1, 0.15) is 0 Å². The highest BCUT2D eigenvalue weighted by Crippen LogP contribution is 2.50. The zero-order valence-corrected chi connectivity index (χ0v) is 33.2. The van der Waals surface area contributed by atoms with Gasteiger partial charge < -0.3 is 9.47 Å². The van der Waals surface area contributed by atoms with Crippen LogP contribution >= 0.6 is 0 Å². The first-order valence-corrected chi connectivity index (χ1v) is 20.5. The molecule has 2 nitrogen and oxygen atoms in total. The SMILES string of the molecule is CC1(C)c2ccccc2-c2ccc(N(c3ccccc3)c3cccc(-c4cccc(-c5ccc6c7ccccc7n(-c7ccc(-c8ccccc8)cc7)c6c5)c4)c3)cc21. The zero-order chi connectivity index (χ0) is 39.5. The van der Waals surface area contributed by atoms with Gasteiger partial charge in [-0.1, -0.05) is 166 Å². The lowest BCUT2D eigenvalue weighted by atomic mass is 9.82. The van der Waals surface area contributed by atoms with Gasteiger partial charge in [0.15, 0.2) is 0 Å². The molecule has 0 saturated carbocycles. The van der Waals surface area contributed by atoms with Crippen LogP contribution in [0.3, 0.4) is 0 Å². The number of hydrogen-bond acceptors (Lipinski definition) is 1. The first-order valence-electron chi connectivity index (χ1n) is 20.5. The summed E-state index contributed by atoms with van der Waals surface area (Å²) in [6, 6.07) is 79.8. The third kappa shape index (κ3) is 5.87. The minimum absolute atomic E-state index is 0.0864. The molecule has 0 saturated heterocycles. The van der Waals surface area contributed by atoms with E-state index in [0.717, 1.165) is 22.7 Å². The molecule has 280 valence electrons. The van der Waals surface area contributed by atoms with Crippen LogP contribution in [-0.2, 0) is 5.41 Å². The molecule has 0 unspecified atom stereocenters. The summed E-state index contributed by atoms with van der Waals surface area (Å²) in [4.78, 5) is 2.39. The average molecular weight is 755 g/mol. The van der Waals surface area contributed by atoms with Crippen molar-refractivity contribution < 1.29 is 0 Å². The molecular formula is C57H42N2. The second-order valence-corrected chi connectivity index (χ2v) is 16.2. The maximum absolute atomic E-state index is 2.41. The van der Waals surface area contributed by atoms with E-state index in [2.05, 4.69) is 242 Å². The number of anilines is 3. The number of nitrogens with zero attached hydrogens (tertiary/aromatic N) is 2. The van der Waals surface area contributed by atoms with E-state index in [0.29, 0.717) is 0 Å². The second kappa shape index (κ2) is 13.9. The Morgan fingerprint density at radius 1 is 0.339 bits per heavy atom. The van der Waals surface area contributed by atoms with E-state index in [-0.39, 0.29) is 5.41 Å². The summed E-state index contributed by atoms with van der Waals surface area (Å²) in [7, 11) is 0. The van der Waals surface area contributed by atoms with E-state index >= 15 is 0 Å². The third-order valence-corrected chi connectivity index (χ3v) is 12.4. The Hall–Kier alpha value is -7.42. The van der Waals surface area contributed by atoms with Crippen LogP contribution in [-0.4, -0.2) is 4.57 Å². The molecule has 1 heterocycles. The maximum Gasteiger partial charge on any atom is 0.0547 e. The highest BCUT2D eigenvalue weighted by Gasteiger charge is 2.35. The van der Waals surface area contributed by atoms with E-state index in [1.165, 1.54) is 77.4 Å². The van der Waals surface area contributed by atoms with Gasteiger partial charge in [0, 0.05) is 38.9 Å². The van der Waals surface area contributed by atoms with Crippen LogP contribution in [0.15, 0.2) is 218 Å². The molecule has 59 heavy (non-hydrogen) atoms. The van der Waals surface area contributed by atoms with Crippen LogP contribution in [0.4, 0.5) is 17.1 Å². The van der Waals surface area contributed by atoms with Crippen molar-refractivity contribution in [1.29, 1.82) is 0 Å². The molecule has 0 bridgehead atoms. The molecule has 0 atom stereocenters. The van der Waals surface area contributed by atoms with Crippen molar-refractivity contribution in [3.05, 3.63) is 230 Å². The molecule has 1 aromatic heterocycles. The van der Waals surface area contributed by atoms with E-state index in [9.17, 15) is 0 Å². The monoisotopic (exact) mass is 754 g/mol. The molecule has 9 aromatic carbocycles. The third-order valence-electron chi connectivity index (χ3n) is 12.4. The van der Waals surface area contributed by atoms with Crippen molar-refractivity contribution >= 4 is 38.9 Å². The molecule has 1 aliphatic carbocycles. The highest BCUT2D eigenvalue weighted by atomic mass is 15.1. The molecule has 0 N–H and O–H groups in total. The lowest BCUT2D eigenvalue weighted by Gasteiger charge is -2.28. The maximum atomic E-state index is 2.41. The second-order valence-electron chi connectivity index (χ2n) is 16.2. The summed E-state index contributed by atoms with van der Waals surface area (Å²) in [6.07, 6.45) is 0. The fourth-order valence-corrected chi connectivity index (χ4v) is 9.42. The molecule has 1 aliphatic rings. The fraction of sp³-hybridized carbons (Fsp3) is 0.0526. The molecule has 0 radical (unpaired) electrons. The summed E-state index contributed by atoms with van der Waals surface area (Å²) in [5.41, 5.74) is 19.5. The number of aromatic nitrogens is 1. The zero-order valence-electron chi connectivity index (χ0n) is 33.2. The quantitative estimate of drug-likeness (QED) is 0.157. The largest absolute Gasteiger partial charge is 0.310 e. The van der Waals surface area contributed by atoms with Crippen molar-refractivity contribution in [3.8, 4) is 50.2 Å². The number of hydrogen-bond donors (Lipinski definition) is 0. The lowest BCUT2D eigenvalue weighted by Crippen LogP contribution is -2.16. The highest BCUT2D eigenvalue weighted by molar-refractivity contribution is 6.10. The molecular weight excluding hydrogens is 713 g/mol. The van der Waals surface area contributed by atoms with E-state index in [1.54, 1.807) is 0 Å². The lowest BCUT2D eigenvalue weighted by molar-refractivity contribution is 0.660. The Kier molecular flexibility index (Phi) is 8.20. The van der Waals surface area contributed by atoms with Gasteiger partial charge in [0.2, 0.25) is 0 Å². The van der Waals surface area contributed by atoms with Gasteiger partial charge in [-0.2, -0.15) is 0 Å². The normalized spacial score (nSPS) is 12.7. The fourth-order valence-electron chi connectivity index (χ4n) is 9.42. The summed E-state index contributed by atoms with van der Waals surface area (Å²) >= 11 is 0. The number of rotatable bonds is 7. The van der Waals surface area contributed by atoms with Crippen molar-refractivity contribution in [2.75, 3.05) is 4.90 Å². The van der Waals surface area contributed by atoms with Crippen molar-refractivity contribution in [1.82, 2.24) is 4.57 Å². The summed E-state index contributed by atoms with van der Waals surface area (Å²) in [6.45, 7) is 4.70. The van der Waals surface area contributed by atoms with E-state index in [4.69, 9.17) is 0 Å². The minimum atomic E-state index is -0.0864. The Bertz CT molecular complexity index is 3170. The average Bonchev–Trinajstić information content (AvgIpc) is 3.75. The van der Waals surface area contributed by atoms with Crippen molar-refractivity contribution in [3.63, 3.8) is 0 Å². The van der Waals surface area contributed by atoms with Crippen LogP contribution < -0.4 is 4.90 Å². The summed E-state index contributed by atoms with van der Waals surface area (Å²) < 4.78 is 2.41. The minimum Gasteiger partial charge on any atom is -0.310 e. The first-order chi connectivity index (χ1) is 29.0. The predicted octanol–water partition coefficient (Wildman–Crippen LogP) is 15.6. The van der Waals surface area contributed by atoms with Crippen LogP contribution in [0.1, 0.15) is 25.0 Å². The topological polar surface area (TPSA) is 8.17 Å². The molecule has 0 fully saturated rings. The summed E-state index contributed by atoms with van der Waals surface area (Å²) in [5.74, 6) is 0. The van der Waals surface area contributed by atoms with Gasteiger partial charge in [-0.05, 0) is 122 Å². The van der Waals surface area contributed by atoms with Crippen molar-refractivity contribution in [2.45, 2.75) is 19.3 Å².